The van der Waals surface area contributed by atoms with Gasteiger partial charge in [-0.05, 0) is 17.7 Å². The molecule has 0 atom stereocenters. The molecule has 0 saturated heterocycles. The second kappa shape index (κ2) is 4.99. The van der Waals surface area contributed by atoms with E-state index < -0.39 is 12.1 Å². The lowest BCUT2D eigenvalue weighted by Crippen LogP contribution is -2.11. The molecule has 0 aromatic heterocycles. The first-order chi connectivity index (χ1) is 7.11. The maximum Gasteiger partial charge on any atom is 0.411 e. The monoisotopic (exact) mass is 209 g/mol. The fourth-order valence-electron chi connectivity index (χ4n) is 1.10. The second-order valence-electron chi connectivity index (χ2n) is 2.89. The van der Waals surface area contributed by atoms with Crippen LogP contribution in [-0.4, -0.2) is 24.3 Å². The third kappa shape index (κ3) is 3.68. The SMILES string of the molecule is COC(=O)Nc1cccc(CC(=O)O)c1. The molecule has 0 saturated carbocycles. The lowest BCUT2D eigenvalue weighted by atomic mass is 10.1. The smallest absolute Gasteiger partial charge is 0.411 e. The fourth-order valence-corrected chi connectivity index (χ4v) is 1.10. The number of rotatable bonds is 3. The Labute approximate surface area is 86.7 Å². The summed E-state index contributed by atoms with van der Waals surface area (Å²) in [6.45, 7) is 0. The van der Waals surface area contributed by atoms with Gasteiger partial charge in [0.15, 0.2) is 0 Å². The Kier molecular flexibility index (Phi) is 3.68. The second-order valence-corrected chi connectivity index (χ2v) is 2.89. The maximum atomic E-state index is 10.9. The summed E-state index contributed by atoms with van der Waals surface area (Å²) in [5, 5.41) is 11.0. The van der Waals surface area contributed by atoms with Crippen LogP contribution in [0, 0.1) is 0 Å². The number of anilines is 1. The van der Waals surface area contributed by atoms with Crippen molar-refractivity contribution in [2.24, 2.45) is 0 Å². The summed E-state index contributed by atoms with van der Waals surface area (Å²) >= 11 is 0. The molecular formula is C10H11NO4. The van der Waals surface area contributed by atoms with Crippen LogP contribution >= 0.6 is 0 Å². The van der Waals surface area contributed by atoms with Crippen molar-refractivity contribution in [2.45, 2.75) is 6.42 Å². The van der Waals surface area contributed by atoms with Crippen molar-refractivity contribution in [2.75, 3.05) is 12.4 Å². The van der Waals surface area contributed by atoms with Crippen molar-refractivity contribution >= 4 is 17.7 Å². The Bertz CT molecular complexity index is 375. The number of ether oxygens (including phenoxy) is 1. The summed E-state index contributed by atoms with van der Waals surface area (Å²) in [5.74, 6) is -0.912. The average molecular weight is 209 g/mol. The molecule has 0 bridgehead atoms. The van der Waals surface area contributed by atoms with Crippen LogP contribution in [0.3, 0.4) is 0 Å². The van der Waals surface area contributed by atoms with E-state index in [0.29, 0.717) is 11.3 Å². The molecule has 5 heteroatoms. The number of aliphatic carboxylic acids is 1. The molecule has 0 fully saturated rings. The van der Waals surface area contributed by atoms with E-state index in [9.17, 15) is 9.59 Å². The van der Waals surface area contributed by atoms with Crippen LogP contribution in [-0.2, 0) is 16.0 Å². The van der Waals surface area contributed by atoms with Gasteiger partial charge in [0.05, 0.1) is 13.5 Å². The molecule has 15 heavy (non-hydrogen) atoms. The highest BCUT2D eigenvalue weighted by atomic mass is 16.5. The summed E-state index contributed by atoms with van der Waals surface area (Å²) in [7, 11) is 1.26. The average Bonchev–Trinajstić information content (AvgIpc) is 2.17. The number of hydrogen-bond donors (Lipinski definition) is 2. The summed E-state index contributed by atoms with van der Waals surface area (Å²) < 4.78 is 4.41. The largest absolute Gasteiger partial charge is 0.481 e. The predicted molar refractivity (Wildman–Crippen MR) is 53.8 cm³/mol. The van der Waals surface area contributed by atoms with Crippen LogP contribution < -0.4 is 5.32 Å². The zero-order valence-electron chi connectivity index (χ0n) is 8.19. The normalized spacial score (nSPS) is 9.40. The molecule has 80 valence electrons. The Morgan fingerprint density at radius 3 is 2.80 bits per heavy atom. The van der Waals surface area contributed by atoms with Gasteiger partial charge in [0.25, 0.3) is 0 Å². The lowest BCUT2D eigenvalue weighted by Gasteiger charge is -2.04. The van der Waals surface area contributed by atoms with Gasteiger partial charge in [0.1, 0.15) is 0 Å². The Balaban J connectivity index is 2.74. The van der Waals surface area contributed by atoms with E-state index in [4.69, 9.17) is 5.11 Å². The van der Waals surface area contributed by atoms with Gasteiger partial charge in [-0.1, -0.05) is 12.1 Å². The zero-order chi connectivity index (χ0) is 11.3. The highest BCUT2D eigenvalue weighted by Crippen LogP contribution is 2.11. The highest BCUT2D eigenvalue weighted by Gasteiger charge is 2.03. The van der Waals surface area contributed by atoms with Crippen molar-refractivity contribution in [1.82, 2.24) is 0 Å². The van der Waals surface area contributed by atoms with Crippen LogP contribution in [0.1, 0.15) is 5.56 Å². The van der Waals surface area contributed by atoms with Crippen molar-refractivity contribution in [1.29, 1.82) is 0 Å². The third-order valence-corrected chi connectivity index (χ3v) is 1.71. The van der Waals surface area contributed by atoms with Gasteiger partial charge in [-0.15, -0.1) is 0 Å². The van der Waals surface area contributed by atoms with Crippen LogP contribution in [0.5, 0.6) is 0 Å². The number of methoxy groups -OCH3 is 1. The van der Waals surface area contributed by atoms with E-state index in [1.54, 1.807) is 24.3 Å². The summed E-state index contributed by atoms with van der Waals surface area (Å²) in [4.78, 5) is 21.3. The van der Waals surface area contributed by atoms with Crippen LogP contribution in [0.15, 0.2) is 24.3 Å². The van der Waals surface area contributed by atoms with Crippen LogP contribution in [0.2, 0.25) is 0 Å². The predicted octanol–water partition coefficient (Wildman–Crippen LogP) is 1.49. The van der Waals surface area contributed by atoms with Gasteiger partial charge < -0.3 is 9.84 Å². The minimum Gasteiger partial charge on any atom is -0.481 e. The molecule has 0 spiro atoms. The van der Waals surface area contributed by atoms with E-state index in [1.807, 2.05) is 0 Å². The summed E-state index contributed by atoms with van der Waals surface area (Å²) in [6, 6.07) is 6.59. The number of benzene rings is 1. The Hall–Kier alpha value is -2.04. The number of amides is 1. The quantitative estimate of drug-likeness (QED) is 0.790. The molecule has 2 N–H and O–H groups in total. The van der Waals surface area contributed by atoms with Gasteiger partial charge in [0, 0.05) is 5.69 Å². The molecule has 0 aliphatic rings. The highest BCUT2D eigenvalue weighted by molar-refractivity contribution is 5.84. The standard InChI is InChI=1S/C10H11NO4/c1-15-10(14)11-8-4-2-3-7(5-8)6-9(12)13/h2-5H,6H2,1H3,(H,11,14)(H,12,13). The molecular weight excluding hydrogens is 198 g/mol. The minimum atomic E-state index is -0.912. The molecule has 1 aromatic carbocycles. The summed E-state index contributed by atoms with van der Waals surface area (Å²) in [5.41, 5.74) is 1.14. The summed E-state index contributed by atoms with van der Waals surface area (Å²) in [6.07, 6.45) is -0.654. The van der Waals surface area contributed by atoms with E-state index in [1.165, 1.54) is 7.11 Å². The number of carboxylic acid groups (broad SMARTS) is 1. The molecule has 0 heterocycles. The van der Waals surface area contributed by atoms with Gasteiger partial charge in [-0.25, -0.2) is 4.79 Å². The Morgan fingerprint density at radius 1 is 1.47 bits per heavy atom. The molecule has 1 amide bonds. The van der Waals surface area contributed by atoms with Crippen molar-refractivity contribution in [3.63, 3.8) is 0 Å². The van der Waals surface area contributed by atoms with Gasteiger partial charge in [-0.2, -0.15) is 0 Å². The number of hydrogen-bond acceptors (Lipinski definition) is 3. The first-order valence-electron chi connectivity index (χ1n) is 4.27. The first-order valence-corrected chi connectivity index (χ1v) is 4.27. The minimum absolute atomic E-state index is 0.0727. The number of nitrogens with one attached hydrogen (secondary N) is 1. The maximum absolute atomic E-state index is 10.9. The molecule has 0 aliphatic carbocycles. The van der Waals surface area contributed by atoms with E-state index in [-0.39, 0.29) is 6.42 Å². The first kappa shape index (κ1) is 11.0. The van der Waals surface area contributed by atoms with E-state index in [0.717, 1.165) is 0 Å². The lowest BCUT2D eigenvalue weighted by molar-refractivity contribution is -0.136. The molecule has 0 aliphatic heterocycles. The van der Waals surface area contributed by atoms with Crippen LogP contribution in [0.4, 0.5) is 10.5 Å². The Morgan fingerprint density at radius 2 is 2.20 bits per heavy atom. The topological polar surface area (TPSA) is 75.6 Å². The fraction of sp³-hybridized carbons (Fsp3) is 0.200. The molecule has 5 nitrogen and oxygen atoms in total. The molecule has 1 rings (SSSR count). The van der Waals surface area contributed by atoms with Crippen LogP contribution in [0.25, 0.3) is 0 Å². The molecule has 1 aromatic rings. The molecule has 0 radical (unpaired) electrons. The number of carboxylic acids is 1. The third-order valence-electron chi connectivity index (χ3n) is 1.71. The number of carbonyl (C=O) groups is 2. The van der Waals surface area contributed by atoms with Gasteiger partial charge in [0.2, 0.25) is 0 Å². The van der Waals surface area contributed by atoms with Gasteiger partial charge in [-0.3, -0.25) is 10.1 Å². The van der Waals surface area contributed by atoms with Crippen molar-refractivity contribution in [3.05, 3.63) is 29.8 Å². The van der Waals surface area contributed by atoms with Crippen molar-refractivity contribution in [3.8, 4) is 0 Å². The zero-order valence-corrected chi connectivity index (χ0v) is 8.19. The van der Waals surface area contributed by atoms with Gasteiger partial charge >= 0.3 is 12.1 Å². The van der Waals surface area contributed by atoms with E-state index in [2.05, 4.69) is 10.1 Å². The van der Waals surface area contributed by atoms with E-state index >= 15 is 0 Å². The molecule has 0 unspecified atom stereocenters. The number of carbonyl (C=O) groups excluding carboxylic acids is 1. The van der Waals surface area contributed by atoms with Crippen molar-refractivity contribution < 1.29 is 19.4 Å².